The van der Waals surface area contributed by atoms with Gasteiger partial charge in [-0.05, 0) is 92.9 Å². The van der Waals surface area contributed by atoms with Gasteiger partial charge in [0.2, 0.25) is 0 Å². The lowest BCUT2D eigenvalue weighted by molar-refractivity contribution is -0.120. The molecule has 0 aromatic heterocycles. The Labute approximate surface area is 199 Å². The van der Waals surface area contributed by atoms with E-state index in [1.54, 1.807) is 24.3 Å². The molecule has 1 N–H and O–H groups in total. The Morgan fingerprint density at radius 1 is 0.735 bits per heavy atom. The number of hydrogen-bond donors (Lipinski definition) is 1. The van der Waals surface area contributed by atoms with Crippen LogP contribution in [0.1, 0.15) is 30.5 Å². The van der Waals surface area contributed by atoms with Crippen molar-refractivity contribution in [3.05, 3.63) is 89.1 Å². The van der Waals surface area contributed by atoms with Crippen LogP contribution in [-0.2, 0) is 9.59 Å². The first-order chi connectivity index (χ1) is 16.4. The van der Waals surface area contributed by atoms with Gasteiger partial charge >= 0.3 is 0 Å². The Bertz CT molecular complexity index is 1240. The summed E-state index contributed by atoms with van der Waals surface area (Å²) in [5.41, 5.74) is 4.62. The van der Waals surface area contributed by atoms with Crippen LogP contribution in [0.2, 0.25) is 0 Å². The van der Waals surface area contributed by atoms with E-state index in [9.17, 15) is 9.59 Å². The number of nitrogens with one attached hydrogen (secondary N) is 1. The van der Waals surface area contributed by atoms with Crippen LogP contribution in [0.25, 0.3) is 5.57 Å². The lowest BCUT2D eigenvalue weighted by atomic mass is 9.99. The van der Waals surface area contributed by atoms with Crippen molar-refractivity contribution >= 4 is 28.8 Å². The third-order valence-corrected chi connectivity index (χ3v) is 5.72. The van der Waals surface area contributed by atoms with Crippen LogP contribution in [0, 0.1) is 13.8 Å². The topological polar surface area (TPSA) is 67.9 Å². The van der Waals surface area contributed by atoms with Gasteiger partial charge < -0.3 is 14.8 Å². The summed E-state index contributed by atoms with van der Waals surface area (Å²) in [7, 11) is 0. The van der Waals surface area contributed by atoms with E-state index < -0.39 is 5.91 Å². The maximum Gasteiger partial charge on any atom is 0.282 e. The molecule has 34 heavy (non-hydrogen) atoms. The minimum atomic E-state index is -0.406. The molecular formula is C28H28N2O4. The van der Waals surface area contributed by atoms with Crippen molar-refractivity contribution in [3.63, 3.8) is 0 Å². The largest absolute Gasteiger partial charge is 0.494 e. The highest BCUT2D eigenvalue weighted by Crippen LogP contribution is 2.35. The number of rotatable bonds is 8. The molecule has 0 aliphatic carbocycles. The Kier molecular flexibility index (Phi) is 6.68. The van der Waals surface area contributed by atoms with E-state index in [0.29, 0.717) is 41.5 Å². The SMILES string of the molecule is CCOc1ccc(NC2=C(c3ccc(C)c(C)c3)C(=O)N(c3ccc(OCC)cc3)C2=O)cc1. The van der Waals surface area contributed by atoms with Crippen molar-refractivity contribution in [2.24, 2.45) is 0 Å². The van der Waals surface area contributed by atoms with Crippen molar-refractivity contribution in [2.75, 3.05) is 23.4 Å². The molecule has 0 atom stereocenters. The molecule has 0 radical (unpaired) electrons. The zero-order valence-corrected chi connectivity index (χ0v) is 19.8. The third kappa shape index (κ3) is 4.53. The number of ether oxygens (including phenoxy) is 2. The molecule has 174 valence electrons. The molecule has 4 rings (SSSR count). The summed E-state index contributed by atoms with van der Waals surface area (Å²) in [4.78, 5) is 28.4. The molecule has 0 unspecified atom stereocenters. The molecule has 1 heterocycles. The first kappa shape index (κ1) is 23.1. The van der Waals surface area contributed by atoms with Gasteiger partial charge in [-0.3, -0.25) is 9.59 Å². The number of anilines is 2. The summed E-state index contributed by atoms with van der Waals surface area (Å²) in [5.74, 6) is 0.642. The number of aryl methyl sites for hydroxylation is 2. The molecule has 6 heteroatoms. The highest BCUT2D eigenvalue weighted by molar-refractivity contribution is 6.46. The normalized spacial score (nSPS) is 13.5. The molecule has 0 spiro atoms. The van der Waals surface area contributed by atoms with Gasteiger partial charge in [0, 0.05) is 5.69 Å². The standard InChI is InChI=1S/C28H28N2O4/c1-5-33-23-13-9-21(10-14-23)29-26-25(20-8-7-18(3)19(4)17-20)27(31)30(28(26)32)22-11-15-24(16-12-22)34-6-2/h7-17,29H,5-6H2,1-4H3. The predicted octanol–water partition coefficient (Wildman–Crippen LogP) is 5.50. The molecular weight excluding hydrogens is 428 g/mol. The fraction of sp³-hybridized carbons (Fsp3) is 0.214. The Morgan fingerprint density at radius 2 is 1.32 bits per heavy atom. The van der Waals surface area contributed by atoms with Gasteiger partial charge in [-0.25, -0.2) is 4.90 Å². The van der Waals surface area contributed by atoms with E-state index in [-0.39, 0.29) is 11.6 Å². The fourth-order valence-corrected chi connectivity index (χ4v) is 3.85. The van der Waals surface area contributed by atoms with Gasteiger partial charge in [-0.15, -0.1) is 0 Å². The van der Waals surface area contributed by atoms with Crippen LogP contribution in [0.15, 0.2) is 72.4 Å². The second-order valence-electron chi connectivity index (χ2n) is 8.00. The monoisotopic (exact) mass is 456 g/mol. The highest BCUT2D eigenvalue weighted by atomic mass is 16.5. The lowest BCUT2D eigenvalue weighted by Crippen LogP contribution is -2.32. The quantitative estimate of drug-likeness (QED) is 0.454. The molecule has 0 fully saturated rings. The van der Waals surface area contributed by atoms with Crippen molar-refractivity contribution in [1.29, 1.82) is 0 Å². The summed E-state index contributed by atoms with van der Waals surface area (Å²) < 4.78 is 11.0. The number of imide groups is 1. The van der Waals surface area contributed by atoms with E-state index in [1.807, 2.05) is 70.2 Å². The molecule has 3 aromatic rings. The predicted molar refractivity (Wildman–Crippen MR) is 134 cm³/mol. The van der Waals surface area contributed by atoms with Crippen LogP contribution in [0.4, 0.5) is 11.4 Å². The van der Waals surface area contributed by atoms with Crippen molar-refractivity contribution < 1.29 is 19.1 Å². The van der Waals surface area contributed by atoms with E-state index >= 15 is 0 Å². The smallest absolute Gasteiger partial charge is 0.282 e. The number of amides is 2. The minimum Gasteiger partial charge on any atom is -0.494 e. The minimum absolute atomic E-state index is 0.242. The van der Waals surface area contributed by atoms with Crippen LogP contribution in [-0.4, -0.2) is 25.0 Å². The van der Waals surface area contributed by atoms with Gasteiger partial charge in [0.15, 0.2) is 0 Å². The highest BCUT2D eigenvalue weighted by Gasteiger charge is 2.40. The Hall–Kier alpha value is -4.06. The zero-order chi connectivity index (χ0) is 24.2. The van der Waals surface area contributed by atoms with Gasteiger partial charge in [0.05, 0.1) is 24.5 Å². The average molecular weight is 457 g/mol. The van der Waals surface area contributed by atoms with E-state index in [4.69, 9.17) is 9.47 Å². The number of nitrogens with zero attached hydrogens (tertiary/aromatic N) is 1. The van der Waals surface area contributed by atoms with Gasteiger partial charge in [-0.2, -0.15) is 0 Å². The van der Waals surface area contributed by atoms with Crippen LogP contribution in [0.5, 0.6) is 11.5 Å². The van der Waals surface area contributed by atoms with Crippen molar-refractivity contribution in [2.45, 2.75) is 27.7 Å². The van der Waals surface area contributed by atoms with Gasteiger partial charge in [-0.1, -0.05) is 18.2 Å². The molecule has 3 aromatic carbocycles. The van der Waals surface area contributed by atoms with E-state index in [2.05, 4.69) is 5.32 Å². The third-order valence-electron chi connectivity index (χ3n) is 5.72. The molecule has 0 saturated carbocycles. The summed E-state index contributed by atoms with van der Waals surface area (Å²) >= 11 is 0. The number of hydrogen-bond acceptors (Lipinski definition) is 5. The number of carbonyl (C=O) groups excluding carboxylic acids is 2. The van der Waals surface area contributed by atoms with Gasteiger partial charge in [0.25, 0.3) is 11.8 Å². The van der Waals surface area contributed by atoms with Crippen LogP contribution in [0.3, 0.4) is 0 Å². The first-order valence-corrected chi connectivity index (χ1v) is 11.4. The Balaban J connectivity index is 1.75. The average Bonchev–Trinajstić information content (AvgIpc) is 3.07. The summed E-state index contributed by atoms with van der Waals surface area (Å²) in [6.07, 6.45) is 0. The maximum atomic E-state index is 13.6. The summed E-state index contributed by atoms with van der Waals surface area (Å²) in [5, 5.41) is 3.19. The molecule has 0 saturated heterocycles. The number of benzene rings is 3. The maximum absolute atomic E-state index is 13.6. The summed E-state index contributed by atoms with van der Waals surface area (Å²) in [6, 6.07) is 20.0. The molecule has 0 bridgehead atoms. The van der Waals surface area contributed by atoms with E-state index in [1.165, 1.54) is 4.90 Å². The van der Waals surface area contributed by atoms with E-state index in [0.717, 1.165) is 16.9 Å². The first-order valence-electron chi connectivity index (χ1n) is 11.4. The van der Waals surface area contributed by atoms with Crippen LogP contribution >= 0.6 is 0 Å². The van der Waals surface area contributed by atoms with Crippen molar-refractivity contribution in [1.82, 2.24) is 0 Å². The zero-order valence-electron chi connectivity index (χ0n) is 19.8. The second-order valence-corrected chi connectivity index (χ2v) is 8.00. The molecule has 6 nitrogen and oxygen atoms in total. The number of carbonyl (C=O) groups is 2. The van der Waals surface area contributed by atoms with Crippen molar-refractivity contribution in [3.8, 4) is 11.5 Å². The Morgan fingerprint density at radius 3 is 1.88 bits per heavy atom. The molecule has 1 aliphatic rings. The lowest BCUT2D eigenvalue weighted by Gasteiger charge is -2.16. The van der Waals surface area contributed by atoms with Crippen LogP contribution < -0.4 is 19.7 Å². The molecule has 1 aliphatic heterocycles. The second kappa shape index (κ2) is 9.83. The van der Waals surface area contributed by atoms with Gasteiger partial charge in [0.1, 0.15) is 17.2 Å². The summed E-state index contributed by atoms with van der Waals surface area (Å²) in [6.45, 7) is 8.93. The molecule has 2 amide bonds. The fourth-order valence-electron chi connectivity index (χ4n) is 3.85.